The Morgan fingerprint density at radius 1 is 1.04 bits per heavy atom. The first kappa shape index (κ1) is 19.7. The van der Waals surface area contributed by atoms with Gasteiger partial charge >= 0.3 is 0 Å². The molecule has 0 aliphatic carbocycles. The molecule has 0 spiro atoms. The molecule has 1 atom stereocenters. The van der Waals surface area contributed by atoms with Crippen LogP contribution in [0.5, 0.6) is 0 Å². The van der Waals surface area contributed by atoms with Gasteiger partial charge in [-0.3, -0.25) is 4.72 Å². The zero-order valence-corrected chi connectivity index (χ0v) is 17.2. The summed E-state index contributed by atoms with van der Waals surface area (Å²) in [5, 5.41) is 0. The van der Waals surface area contributed by atoms with Crippen molar-refractivity contribution in [1.82, 2.24) is 0 Å². The van der Waals surface area contributed by atoms with Gasteiger partial charge < -0.3 is 9.80 Å². The fourth-order valence-electron chi connectivity index (χ4n) is 3.31. The lowest BCUT2D eigenvalue weighted by molar-refractivity contribution is -0.880. The second kappa shape index (κ2) is 8.31. The van der Waals surface area contributed by atoms with Crippen LogP contribution in [0.1, 0.15) is 31.7 Å². The fourth-order valence-corrected chi connectivity index (χ4v) is 4.37. The number of sulfonamides is 1. The average molecular weight is 389 g/mol. The molecule has 1 saturated heterocycles. The highest BCUT2D eigenvalue weighted by Gasteiger charge is 2.18. The third-order valence-electron chi connectivity index (χ3n) is 5.47. The molecule has 2 N–H and O–H groups in total. The quantitative estimate of drug-likeness (QED) is 0.799. The van der Waals surface area contributed by atoms with Crippen LogP contribution in [0, 0.1) is 0 Å². The molecular weight excluding hydrogens is 358 g/mol. The molecule has 5 nitrogen and oxygen atoms in total. The van der Waals surface area contributed by atoms with Crippen molar-refractivity contribution < 1.29 is 13.3 Å². The number of nitrogens with zero attached hydrogens (tertiary/aromatic N) is 1. The van der Waals surface area contributed by atoms with Gasteiger partial charge in [0.1, 0.15) is 0 Å². The fraction of sp³-hybridized carbons (Fsp3) is 0.429. The van der Waals surface area contributed by atoms with E-state index in [-0.39, 0.29) is 0 Å². The summed E-state index contributed by atoms with van der Waals surface area (Å²) in [6.07, 6.45) is 1.03. The Hall–Kier alpha value is -2.05. The summed E-state index contributed by atoms with van der Waals surface area (Å²) in [6.45, 7) is 8.58. The maximum atomic E-state index is 12.7. The van der Waals surface area contributed by atoms with Gasteiger partial charge in [0.05, 0.1) is 38.1 Å². The Morgan fingerprint density at radius 3 is 2.19 bits per heavy atom. The van der Waals surface area contributed by atoms with Crippen LogP contribution in [0.2, 0.25) is 0 Å². The minimum Gasteiger partial charge on any atom is -0.360 e. The third-order valence-corrected chi connectivity index (χ3v) is 6.87. The van der Waals surface area contributed by atoms with Crippen molar-refractivity contribution in [3.63, 3.8) is 0 Å². The molecular formula is C21H30N3O2S+. The first-order valence-corrected chi connectivity index (χ1v) is 11.2. The van der Waals surface area contributed by atoms with Gasteiger partial charge in [0.15, 0.2) is 0 Å². The smallest absolute Gasteiger partial charge is 0.261 e. The zero-order chi connectivity index (χ0) is 19.4. The first-order chi connectivity index (χ1) is 12.9. The number of hydrogen-bond acceptors (Lipinski definition) is 3. The van der Waals surface area contributed by atoms with E-state index in [2.05, 4.69) is 30.5 Å². The van der Waals surface area contributed by atoms with Crippen LogP contribution in [-0.2, 0) is 10.0 Å². The molecule has 0 radical (unpaired) electrons. The summed E-state index contributed by atoms with van der Waals surface area (Å²) in [5.74, 6) is 0.429. The van der Waals surface area contributed by atoms with Crippen LogP contribution in [0.3, 0.4) is 0 Å². The molecule has 1 fully saturated rings. The number of likely N-dealkylation sites (N-methyl/N-ethyl adjacent to an activating group) is 1. The molecule has 2 aromatic carbocycles. The van der Waals surface area contributed by atoms with E-state index in [0.29, 0.717) is 16.5 Å². The highest BCUT2D eigenvalue weighted by molar-refractivity contribution is 7.92. The molecule has 1 heterocycles. The molecule has 146 valence electrons. The molecule has 6 heteroatoms. The Bertz CT molecular complexity index is 840. The second-order valence-electron chi connectivity index (χ2n) is 7.47. The predicted molar refractivity (Wildman–Crippen MR) is 111 cm³/mol. The van der Waals surface area contributed by atoms with Crippen LogP contribution < -0.4 is 14.5 Å². The number of piperazine rings is 1. The number of quaternary nitrogens is 1. The molecule has 0 aromatic heterocycles. The Balaban J connectivity index is 1.68. The second-order valence-corrected chi connectivity index (χ2v) is 9.16. The lowest BCUT2D eigenvalue weighted by Crippen LogP contribution is -3.12. The Morgan fingerprint density at radius 2 is 1.63 bits per heavy atom. The van der Waals surface area contributed by atoms with Crippen LogP contribution in [0.25, 0.3) is 0 Å². The molecule has 2 aromatic rings. The number of anilines is 2. The average Bonchev–Trinajstić information content (AvgIpc) is 2.68. The molecule has 0 amide bonds. The first-order valence-electron chi connectivity index (χ1n) is 9.68. The predicted octanol–water partition coefficient (Wildman–Crippen LogP) is 2.34. The van der Waals surface area contributed by atoms with E-state index in [1.165, 1.54) is 0 Å². The van der Waals surface area contributed by atoms with Crippen molar-refractivity contribution in [3.05, 3.63) is 54.1 Å². The monoisotopic (exact) mass is 388 g/mol. The minimum atomic E-state index is -3.57. The van der Waals surface area contributed by atoms with Crippen molar-refractivity contribution in [2.45, 2.75) is 31.1 Å². The molecule has 0 saturated carbocycles. The van der Waals surface area contributed by atoms with Gasteiger partial charge in [-0.15, -0.1) is 0 Å². The van der Waals surface area contributed by atoms with Gasteiger partial charge in [-0.1, -0.05) is 26.0 Å². The van der Waals surface area contributed by atoms with Crippen molar-refractivity contribution in [2.75, 3.05) is 42.8 Å². The molecule has 0 unspecified atom stereocenters. The highest BCUT2D eigenvalue weighted by Crippen LogP contribution is 2.23. The van der Waals surface area contributed by atoms with E-state index in [1.807, 2.05) is 36.4 Å². The molecule has 0 bridgehead atoms. The Kier molecular flexibility index (Phi) is 6.07. The summed E-state index contributed by atoms with van der Waals surface area (Å²) in [7, 11) is -1.36. The lowest BCUT2D eigenvalue weighted by Gasteiger charge is -2.31. The largest absolute Gasteiger partial charge is 0.360 e. The molecule has 1 aliphatic rings. The highest BCUT2D eigenvalue weighted by atomic mass is 32.2. The lowest BCUT2D eigenvalue weighted by atomic mass is 9.99. The number of rotatable bonds is 6. The van der Waals surface area contributed by atoms with E-state index in [1.54, 1.807) is 17.0 Å². The minimum absolute atomic E-state index is 0.292. The molecule has 1 aliphatic heterocycles. The van der Waals surface area contributed by atoms with Gasteiger partial charge in [-0.25, -0.2) is 8.42 Å². The summed E-state index contributed by atoms with van der Waals surface area (Å²) in [4.78, 5) is 4.19. The Labute approximate surface area is 163 Å². The molecule has 27 heavy (non-hydrogen) atoms. The van der Waals surface area contributed by atoms with E-state index < -0.39 is 10.0 Å². The van der Waals surface area contributed by atoms with E-state index in [0.717, 1.165) is 43.9 Å². The van der Waals surface area contributed by atoms with Gasteiger partial charge in [0.25, 0.3) is 10.0 Å². The van der Waals surface area contributed by atoms with E-state index in [4.69, 9.17) is 0 Å². The van der Waals surface area contributed by atoms with Crippen molar-refractivity contribution in [2.24, 2.45) is 0 Å². The summed E-state index contributed by atoms with van der Waals surface area (Å²) >= 11 is 0. The van der Waals surface area contributed by atoms with Gasteiger partial charge in [-0.2, -0.15) is 0 Å². The van der Waals surface area contributed by atoms with Crippen LogP contribution >= 0.6 is 0 Å². The number of nitrogens with one attached hydrogen (secondary N) is 2. The van der Waals surface area contributed by atoms with Crippen LogP contribution in [0.4, 0.5) is 11.4 Å². The summed E-state index contributed by atoms with van der Waals surface area (Å²) in [5.41, 5.74) is 2.89. The number of hydrogen-bond donors (Lipinski definition) is 2. The third kappa shape index (κ3) is 4.82. The maximum Gasteiger partial charge on any atom is 0.261 e. The van der Waals surface area contributed by atoms with Crippen LogP contribution in [0.15, 0.2) is 53.4 Å². The van der Waals surface area contributed by atoms with Crippen molar-refractivity contribution >= 4 is 21.4 Å². The number of benzene rings is 2. The summed E-state index contributed by atoms with van der Waals surface area (Å²) < 4.78 is 28.0. The van der Waals surface area contributed by atoms with Crippen LogP contribution in [-0.4, -0.2) is 41.6 Å². The zero-order valence-electron chi connectivity index (χ0n) is 16.4. The van der Waals surface area contributed by atoms with Gasteiger partial charge in [-0.05, 0) is 54.3 Å². The van der Waals surface area contributed by atoms with Crippen molar-refractivity contribution in [1.29, 1.82) is 0 Å². The van der Waals surface area contributed by atoms with E-state index >= 15 is 0 Å². The van der Waals surface area contributed by atoms with Gasteiger partial charge in [0.2, 0.25) is 0 Å². The SMILES string of the molecule is CC[C@@H](C)c1ccc(S(=O)(=O)Nc2ccc(N3CC[NH+](C)CC3)cc2)cc1. The summed E-state index contributed by atoms with van der Waals surface area (Å²) in [6, 6.07) is 14.8. The topological polar surface area (TPSA) is 53.9 Å². The van der Waals surface area contributed by atoms with Crippen molar-refractivity contribution in [3.8, 4) is 0 Å². The normalized spacial score (nSPS) is 16.9. The maximum absolute atomic E-state index is 12.7. The van der Waals surface area contributed by atoms with Gasteiger partial charge in [0, 0.05) is 11.4 Å². The standard InChI is InChI=1S/C21H29N3O2S/c1-4-17(2)18-5-11-21(12-6-18)27(25,26)22-19-7-9-20(10-8-19)24-15-13-23(3)14-16-24/h5-12,17,22H,4,13-16H2,1-3H3/p+1/t17-/m1/s1. The molecule has 3 rings (SSSR count). The van der Waals surface area contributed by atoms with E-state index in [9.17, 15) is 8.42 Å².